The molecule has 3 rings (SSSR count). The first kappa shape index (κ1) is 13.6. The molecule has 0 aliphatic carbocycles. The summed E-state index contributed by atoms with van der Waals surface area (Å²) in [7, 11) is 0. The third-order valence-electron chi connectivity index (χ3n) is 3.43. The summed E-state index contributed by atoms with van der Waals surface area (Å²) in [6, 6.07) is 18.1. The highest BCUT2D eigenvalue weighted by Gasteiger charge is 2.14. The fourth-order valence-corrected chi connectivity index (χ4v) is 2.34. The Morgan fingerprint density at radius 1 is 0.952 bits per heavy atom. The summed E-state index contributed by atoms with van der Waals surface area (Å²) in [5, 5.41) is 2.17. The lowest BCUT2D eigenvalue weighted by Gasteiger charge is -2.14. The minimum Gasteiger partial charge on any atom is -0.454 e. The summed E-state index contributed by atoms with van der Waals surface area (Å²) in [6.45, 7) is 1.81. The Labute approximate surface area is 123 Å². The molecule has 0 aromatic heterocycles. The van der Waals surface area contributed by atoms with E-state index >= 15 is 0 Å². The molecule has 2 nitrogen and oxygen atoms in total. The van der Waals surface area contributed by atoms with Crippen LogP contribution in [0.5, 0.6) is 11.5 Å². The summed E-state index contributed by atoms with van der Waals surface area (Å²) in [6.07, 6.45) is 0. The second-order valence-electron chi connectivity index (χ2n) is 5.06. The molecule has 0 spiro atoms. The van der Waals surface area contributed by atoms with Crippen molar-refractivity contribution in [3.8, 4) is 11.5 Å². The van der Waals surface area contributed by atoms with Gasteiger partial charge in [0, 0.05) is 11.6 Å². The van der Waals surface area contributed by atoms with Gasteiger partial charge in [-0.15, -0.1) is 0 Å². The molecule has 0 aliphatic heterocycles. The van der Waals surface area contributed by atoms with Crippen molar-refractivity contribution in [3.63, 3.8) is 0 Å². The van der Waals surface area contributed by atoms with E-state index in [-0.39, 0.29) is 11.8 Å². The Morgan fingerprint density at radius 2 is 1.71 bits per heavy atom. The van der Waals surface area contributed by atoms with Crippen molar-refractivity contribution < 1.29 is 9.13 Å². The van der Waals surface area contributed by atoms with Gasteiger partial charge < -0.3 is 10.5 Å². The number of para-hydroxylation sites is 1. The normalized spacial score (nSPS) is 12.3. The Balaban J connectivity index is 2.02. The Hall–Kier alpha value is -2.39. The molecule has 3 aromatic rings. The SMILES string of the molecule is CC(N)c1cccc(F)c1Oc1ccc2ccccc2c1. The van der Waals surface area contributed by atoms with Gasteiger partial charge in [-0.1, -0.05) is 42.5 Å². The molecule has 106 valence electrons. The maximum Gasteiger partial charge on any atom is 0.167 e. The number of benzene rings is 3. The van der Waals surface area contributed by atoms with Gasteiger partial charge in [0.25, 0.3) is 0 Å². The highest BCUT2D eigenvalue weighted by molar-refractivity contribution is 5.83. The van der Waals surface area contributed by atoms with E-state index in [1.165, 1.54) is 6.07 Å². The zero-order chi connectivity index (χ0) is 14.8. The summed E-state index contributed by atoms with van der Waals surface area (Å²) in [5.41, 5.74) is 6.54. The zero-order valence-electron chi connectivity index (χ0n) is 11.7. The number of rotatable bonds is 3. The van der Waals surface area contributed by atoms with Gasteiger partial charge in [0.05, 0.1) is 0 Å². The Morgan fingerprint density at radius 3 is 2.48 bits per heavy atom. The Kier molecular flexibility index (Phi) is 3.59. The zero-order valence-corrected chi connectivity index (χ0v) is 11.7. The van der Waals surface area contributed by atoms with Crippen molar-refractivity contribution in [1.82, 2.24) is 0 Å². The number of halogens is 1. The maximum absolute atomic E-state index is 14.0. The molecule has 3 heteroatoms. The van der Waals surface area contributed by atoms with Crippen molar-refractivity contribution >= 4 is 10.8 Å². The quantitative estimate of drug-likeness (QED) is 0.749. The number of nitrogens with two attached hydrogens (primary N) is 1. The molecular formula is C18H16FNO. The van der Waals surface area contributed by atoms with E-state index in [1.54, 1.807) is 12.1 Å². The van der Waals surface area contributed by atoms with Crippen LogP contribution in [0.25, 0.3) is 10.8 Å². The monoisotopic (exact) mass is 281 g/mol. The van der Waals surface area contributed by atoms with Crippen LogP contribution >= 0.6 is 0 Å². The fourth-order valence-electron chi connectivity index (χ4n) is 2.34. The lowest BCUT2D eigenvalue weighted by atomic mass is 10.1. The highest BCUT2D eigenvalue weighted by atomic mass is 19.1. The highest BCUT2D eigenvalue weighted by Crippen LogP contribution is 2.32. The second-order valence-corrected chi connectivity index (χ2v) is 5.06. The molecule has 0 saturated carbocycles. The van der Waals surface area contributed by atoms with E-state index in [9.17, 15) is 4.39 Å². The van der Waals surface area contributed by atoms with Crippen LogP contribution in [0.4, 0.5) is 4.39 Å². The van der Waals surface area contributed by atoms with Crippen LogP contribution in [0.15, 0.2) is 60.7 Å². The van der Waals surface area contributed by atoms with Crippen molar-refractivity contribution in [2.75, 3.05) is 0 Å². The fraction of sp³-hybridized carbons (Fsp3) is 0.111. The first-order valence-electron chi connectivity index (χ1n) is 6.86. The standard InChI is InChI=1S/C18H16FNO/c1-12(20)16-7-4-8-17(19)18(16)21-15-10-9-13-5-2-3-6-14(13)11-15/h2-12H,20H2,1H3. The lowest BCUT2D eigenvalue weighted by molar-refractivity contribution is 0.433. The molecule has 21 heavy (non-hydrogen) atoms. The molecular weight excluding hydrogens is 265 g/mol. The van der Waals surface area contributed by atoms with E-state index in [1.807, 2.05) is 49.4 Å². The second kappa shape index (κ2) is 5.54. The third kappa shape index (κ3) is 2.73. The molecule has 1 unspecified atom stereocenters. The van der Waals surface area contributed by atoms with Crippen molar-refractivity contribution in [3.05, 3.63) is 72.0 Å². The van der Waals surface area contributed by atoms with Gasteiger partial charge in [-0.25, -0.2) is 4.39 Å². The van der Waals surface area contributed by atoms with E-state index in [4.69, 9.17) is 10.5 Å². The maximum atomic E-state index is 14.0. The molecule has 0 bridgehead atoms. The van der Waals surface area contributed by atoms with Crippen molar-refractivity contribution in [2.45, 2.75) is 13.0 Å². The van der Waals surface area contributed by atoms with Gasteiger partial charge in [-0.05, 0) is 35.9 Å². The van der Waals surface area contributed by atoms with Crippen molar-refractivity contribution in [2.24, 2.45) is 5.73 Å². The van der Waals surface area contributed by atoms with Crippen molar-refractivity contribution in [1.29, 1.82) is 0 Å². The molecule has 0 aliphatic rings. The number of fused-ring (bicyclic) bond motifs is 1. The van der Waals surface area contributed by atoms with Crippen LogP contribution in [-0.4, -0.2) is 0 Å². The molecule has 1 atom stereocenters. The van der Waals surface area contributed by atoms with Gasteiger partial charge in [-0.2, -0.15) is 0 Å². The number of ether oxygens (including phenoxy) is 1. The predicted octanol–water partition coefficient (Wildman–Crippen LogP) is 4.79. The van der Waals surface area contributed by atoms with E-state index in [0.29, 0.717) is 11.3 Å². The lowest BCUT2D eigenvalue weighted by Crippen LogP contribution is -2.07. The van der Waals surface area contributed by atoms with Gasteiger partial charge in [-0.3, -0.25) is 0 Å². The van der Waals surface area contributed by atoms with Gasteiger partial charge in [0.15, 0.2) is 11.6 Å². The summed E-state index contributed by atoms with van der Waals surface area (Å²) < 4.78 is 19.8. The molecule has 0 amide bonds. The average Bonchev–Trinajstić information content (AvgIpc) is 2.49. The third-order valence-corrected chi connectivity index (χ3v) is 3.43. The van der Waals surface area contributed by atoms with E-state index < -0.39 is 5.82 Å². The number of hydrogen-bond donors (Lipinski definition) is 1. The number of hydrogen-bond acceptors (Lipinski definition) is 2. The molecule has 0 saturated heterocycles. The molecule has 3 aromatic carbocycles. The van der Waals surface area contributed by atoms with Gasteiger partial charge in [0.2, 0.25) is 0 Å². The van der Waals surface area contributed by atoms with Crippen LogP contribution in [0, 0.1) is 5.82 Å². The Bertz CT molecular complexity index is 783. The molecule has 0 heterocycles. The molecule has 0 radical (unpaired) electrons. The summed E-state index contributed by atoms with van der Waals surface area (Å²) in [4.78, 5) is 0. The van der Waals surface area contributed by atoms with Crippen LogP contribution in [0.3, 0.4) is 0 Å². The first-order valence-corrected chi connectivity index (χ1v) is 6.86. The van der Waals surface area contributed by atoms with E-state index in [0.717, 1.165) is 10.8 Å². The van der Waals surface area contributed by atoms with Gasteiger partial charge in [0.1, 0.15) is 5.75 Å². The molecule has 2 N–H and O–H groups in total. The molecule has 0 fully saturated rings. The van der Waals surface area contributed by atoms with E-state index in [2.05, 4.69) is 0 Å². The van der Waals surface area contributed by atoms with Gasteiger partial charge >= 0.3 is 0 Å². The summed E-state index contributed by atoms with van der Waals surface area (Å²) in [5.74, 6) is 0.390. The minimum atomic E-state index is -0.405. The van der Waals surface area contributed by atoms with Crippen LogP contribution in [-0.2, 0) is 0 Å². The smallest absolute Gasteiger partial charge is 0.167 e. The minimum absolute atomic E-state index is 0.197. The summed E-state index contributed by atoms with van der Waals surface area (Å²) >= 11 is 0. The average molecular weight is 281 g/mol. The largest absolute Gasteiger partial charge is 0.454 e. The van der Waals surface area contributed by atoms with Crippen LogP contribution < -0.4 is 10.5 Å². The van der Waals surface area contributed by atoms with Crippen LogP contribution in [0.1, 0.15) is 18.5 Å². The topological polar surface area (TPSA) is 35.2 Å². The predicted molar refractivity (Wildman–Crippen MR) is 83.0 cm³/mol. The van der Waals surface area contributed by atoms with Crippen LogP contribution in [0.2, 0.25) is 0 Å². The first-order chi connectivity index (χ1) is 10.1.